The summed E-state index contributed by atoms with van der Waals surface area (Å²) in [5.74, 6) is 0.134. The first-order chi connectivity index (χ1) is 8.81. The molecule has 0 radical (unpaired) electrons. The average Bonchev–Trinajstić information content (AvgIpc) is 2.42. The van der Waals surface area contributed by atoms with Crippen molar-refractivity contribution >= 4 is 0 Å². The van der Waals surface area contributed by atoms with E-state index in [9.17, 15) is 0 Å². The summed E-state index contributed by atoms with van der Waals surface area (Å²) >= 11 is 0. The maximum Gasteiger partial charge on any atom is 0.0419 e. The van der Waals surface area contributed by atoms with Crippen LogP contribution in [-0.2, 0) is 6.42 Å². The van der Waals surface area contributed by atoms with E-state index < -0.39 is 0 Å². The third-order valence-electron chi connectivity index (χ3n) is 3.08. The Morgan fingerprint density at radius 2 is 1.83 bits per heavy atom. The molecular weight excluding hydrogens is 224 g/mol. The largest absolute Gasteiger partial charge is 0.330 e. The second-order valence-corrected chi connectivity index (χ2v) is 4.31. The van der Waals surface area contributed by atoms with Crippen LogP contribution in [0.4, 0.5) is 0 Å². The number of hydrogen-bond acceptors (Lipinski definition) is 4. The third-order valence-corrected chi connectivity index (χ3v) is 3.08. The molecule has 0 saturated heterocycles. The van der Waals surface area contributed by atoms with Crippen molar-refractivity contribution in [1.29, 1.82) is 0 Å². The van der Waals surface area contributed by atoms with Gasteiger partial charge >= 0.3 is 0 Å². The summed E-state index contributed by atoms with van der Waals surface area (Å²) in [6.45, 7) is 0.526. The molecule has 2 aromatic heterocycles. The van der Waals surface area contributed by atoms with Gasteiger partial charge in [0.1, 0.15) is 0 Å². The van der Waals surface area contributed by atoms with E-state index in [1.807, 2.05) is 30.3 Å². The molecule has 0 bridgehead atoms. The minimum absolute atomic E-state index is 0.0349. The van der Waals surface area contributed by atoms with Gasteiger partial charge in [-0.25, -0.2) is 0 Å². The summed E-state index contributed by atoms with van der Waals surface area (Å²) in [7, 11) is 0. The lowest BCUT2D eigenvalue weighted by molar-refractivity contribution is 0.530. The molecule has 2 unspecified atom stereocenters. The Labute approximate surface area is 107 Å². The fraction of sp³-hybridized carbons (Fsp3) is 0.286. The first-order valence-electron chi connectivity index (χ1n) is 6.06. The maximum atomic E-state index is 6.25. The molecule has 0 aliphatic heterocycles. The fourth-order valence-electron chi connectivity index (χ4n) is 2.07. The van der Waals surface area contributed by atoms with Gasteiger partial charge in [0.05, 0.1) is 0 Å². The minimum Gasteiger partial charge on any atom is -0.330 e. The zero-order chi connectivity index (χ0) is 12.8. The predicted molar refractivity (Wildman–Crippen MR) is 71.9 cm³/mol. The number of nitrogens with two attached hydrogens (primary N) is 2. The monoisotopic (exact) mass is 242 g/mol. The van der Waals surface area contributed by atoms with Crippen LogP contribution in [-0.4, -0.2) is 22.6 Å². The van der Waals surface area contributed by atoms with Crippen LogP contribution in [0.15, 0.2) is 48.9 Å². The van der Waals surface area contributed by atoms with Crippen molar-refractivity contribution in [3.8, 4) is 0 Å². The van der Waals surface area contributed by atoms with E-state index in [1.54, 1.807) is 18.6 Å². The van der Waals surface area contributed by atoms with Crippen LogP contribution >= 0.6 is 0 Å². The van der Waals surface area contributed by atoms with Crippen molar-refractivity contribution in [1.82, 2.24) is 9.97 Å². The summed E-state index contributed by atoms with van der Waals surface area (Å²) in [4.78, 5) is 8.31. The summed E-state index contributed by atoms with van der Waals surface area (Å²) in [6, 6.07) is 9.76. The summed E-state index contributed by atoms with van der Waals surface area (Å²) < 4.78 is 0. The first kappa shape index (κ1) is 12.7. The predicted octanol–water partition coefficient (Wildman–Crippen LogP) is 1.09. The molecule has 0 saturated carbocycles. The Kier molecular flexibility index (Phi) is 4.39. The molecule has 0 amide bonds. The van der Waals surface area contributed by atoms with E-state index in [-0.39, 0.29) is 12.0 Å². The minimum atomic E-state index is -0.0349. The van der Waals surface area contributed by atoms with Crippen molar-refractivity contribution in [2.45, 2.75) is 18.4 Å². The van der Waals surface area contributed by atoms with Crippen molar-refractivity contribution in [3.05, 3.63) is 60.2 Å². The van der Waals surface area contributed by atoms with Crippen LogP contribution in [0.2, 0.25) is 0 Å². The van der Waals surface area contributed by atoms with E-state index >= 15 is 0 Å². The third kappa shape index (κ3) is 3.12. The summed E-state index contributed by atoms with van der Waals surface area (Å²) in [5.41, 5.74) is 14.2. The van der Waals surface area contributed by atoms with Crippen LogP contribution in [0.1, 0.15) is 17.2 Å². The molecule has 2 rings (SSSR count). The Balaban J connectivity index is 2.09. The molecule has 0 aliphatic carbocycles. The number of pyridine rings is 2. The highest BCUT2D eigenvalue weighted by Gasteiger charge is 2.18. The van der Waals surface area contributed by atoms with Crippen molar-refractivity contribution in [2.24, 2.45) is 11.5 Å². The van der Waals surface area contributed by atoms with Gasteiger partial charge in [-0.2, -0.15) is 0 Å². The molecule has 0 spiro atoms. The average molecular weight is 242 g/mol. The highest BCUT2D eigenvalue weighted by Crippen LogP contribution is 2.18. The Morgan fingerprint density at radius 1 is 1.06 bits per heavy atom. The van der Waals surface area contributed by atoms with E-state index in [1.165, 1.54) is 0 Å². The van der Waals surface area contributed by atoms with Gasteiger partial charge in [0.15, 0.2) is 0 Å². The van der Waals surface area contributed by atoms with Crippen LogP contribution < -0.4 is 11.5 Å². The van der Waals surface area contributed by atoms with E-state index in [2.05, 4.69) is 9.97 Å². The van der Waals surface area contributed by atoms with Crippen LogP contribution in [0, 0.1) is 0 Å². The van der Waals surface area contributed by atoms with Crippen LogP contribution in [0.25, 0.3) is 0 Å². The second-order valence-electron chi connectivity index (χ2n) is 4.31. The highest BCUT2D eigenvalue weighted by atomic mass is 14.7. The second kappa shape index (κ2) is 6.23. The van der Waals surface area contributed by atoms with Gasteiger partial charge in [0.25, 0.3) is 0 Å². The molecule has 2 heterocycles. The van der Waals surface area contributed by atoms with E-state index in [0.29, 0.717) is 6.54 Å². The topological polar surface area (TPSA) is 77.8 Å². The van der Waals surface area contributed by atoms with Gasteiger partial charge in [-0.3, -0.25) is 9.97 Å². The van der Waals surface area contributed by atoms with Gasteiger partial charge in [0.2, 0.25) is 0 Å². The number of hydrogen-bond donors (Lipinski definition) is 2. The first-order valence-corrected chi connectivity index (χ1v) is 6.06. The quantitative estimate of drug-likeness (QED) is 0.822. The molecule has 4 N–H and O–H groups in total. The Hall–Kier alpha value is -1.78. The fourth-order valence-corrected chi connectivity index (χ4v) is 2.07. The van der Waals surface area contributed by atoms with Crippen molar-refractivity contribution in [2.75, 3.05) is 6.54 Å². The molecule has 94 valence electrons. The SMILES string of the molecule is NCC(c1ccncc1)C(N)Cc1ccccn1. The van der Waals surface area contributed by atoms with Crippen LogP contribution in [0.3, 0.4) is 0 Å². The lowest BCUT2D eigenvalue weighted by atomic mass is 9.90. The number of rotatable bonds is 5. The molecule has 0 aromatic carbocycles. The van der Waals surface area contributed by atoms with Crippen LogP contribution in [0.5, 0.6) is 0 Å². The van der Waals surface area contributed by atoms with Gasteiger partial charge in [0, 0.05) is 49.2 Å². The molecule has 2 aromatic rings. The zero-order valence-electron chi connectivity index (χ0n) is 10.2. The smallest absolute Gasteiger partial charge is 0.0419 e. The number of aromatic nitrogens is 2. The van der Waals surface area contributed by atoms with Gasteiger partial charge in [-0.05, 0) is 29.8 Å². The lowest BCUT2D eigenvalue weighted by Gasteiger charge is -2.22. The standard InChI is InChI=1S/C14H18N4/c15-10-13(11-4-7-17-8-5-11)14(16)9-12-3-1-2-6-18-12/h1-8,13-14H,9-10,15-16H2. The van der Waals surface area contributed by atoms with E-state index in [0.717, 1.165) is 17.7 Å². The highest BCUT2D eigenvalue weighted by molar-refractivity contribution is 5.19. The maximum absolute atomic E-state index is 6.25. The van der Waals surface area contributed by atoms with Gasteiger partial charge < -0.3 is 11.5 Å². The van der Waals surface area contributed by atoms with Crippen molar-refractivity contribution in [3.63, 3.8) is 0 Å². The lowest BCUT2D eigenvalue weighted by Crippen LogP contribution is -2.35. The van der Waals surface area contributed by atoms with E-state index in [4.69, 9.17) is 11.5 Å². The summed E-state index contributed by atoms with van der Waals surface area (Å²) in [6.07, 6.45) is 6.05. The molecule has 4 heteroatoms. The Bertz CT molecular complexity index is 458. The van der Waals surface area contributed by atoms with Crippen molar-refractivity contribution < 1.29 is 0 Å². The van der Waals surface area contributed by atoms with Gasteiger partial charge in [-0.1, -0.05) is 6.07 Å². The number of nitrogens with zero attached hydrogens (tertiary/aromatic N) is 2. The molecule has 0 fully saturated rings. The molecular formula is C14H18N4. The zero-order valence-corrected chi connectivity index (χ0v) is 10.2. The summed E-state index contributed by atoms with van der Waals surface area (Å²) in [5, 5.41) is 0. The molecule has 0 aliphatic rings. The molecule has 18 heavy (non-hydrogen) atoms. The normalized spacial score (nSPS) is 14.1. The molecule has 4 nitrogen and oxygen atoms in total. The molecule has 2 atom stereocenters. The Morgan fingerprint density at radius 3 is 2.44 bits per heavy atom. The van der Waals surface area contributed by atoms with Gasteiger partial charge in [-0.15, -0.1) is 0 Å².